The van der Waals surface area contributed by atoms with Crippen LogP contribution < -0.4 is 0 Å². The fourth-order valence-electron chi connectivity index (χ4n) is 5.17. The molecule has 0 fully saturated rings. The molecular weight excluding hydrogens is 466 g/mol. The third-order valence-electron chi connectivity index (χ3n) is 6.95. The highest BCUT2D eigenvalue weighted by atomic mass is 16.3. The molecule has 0 aliphatic rings. The van der Waals surface area contributed by atoms with Gasteiger partial charge in [-0.2, -0.15) is 5.10 Å². The van der Waals surface area contributed by atoms with Gasteiger partial charge in [-0.1, -0.05) is 97.1 Å². The van der Waals surface area contributed by atoms with Crippen LogP contribution in [0.1, 0.15) is 11.1 Å². The van der Waals surface area contributed by atoms with Gasteiger partial charge < -0.3 is 4.42 Å². The van der Waals surface area contributed by atoms with E-state index in [1.54, 1.807) is 0 Å². The Morgan fingerprint density at radius 3 is 2.05 bits per heavy atom. The summed E-state index contributed by atoms with van der Waals surface area (Å²) in [6.45, 7) is 3.84. The average Bonchev–Trinajstić information content (AvgIpc) is 3.52. The molecule has 0 saturated heterocycles. The lowest BCUT2D eigenvalue weighted by atomic mass is 10.1. The molecule has 0 N–H and O–H groups in total. The molecule has 0 aliphatic heterocycles. The second kappa shape index (κ2) is 9.02. The molecule has 7 rings (SSSR count). The van der Waals surface area contributed by atoms with Gasteiger partial charge in [-0.05, 0) is 37.1 Å². The van der Waals surface area contributed by atoms with E-state index in [0.29, 0.717) is 0 Å². The van der Waals surface area contributed by atoms with Crippen LogP contribution in [0.4, 0.5) is 0 Å². The van der Waals surface area contributed by atoms with Crippen LogP contribution in [0.2, 0.25) is 0 Å². The highest BCUT2D eigenvalue weighted by molar-refractivity contribution is 6.23. The fourth-order valence-corrected chi connectivity index (χ4v) is 5.17. The van der Waals surface area contributed by atoms with Crippen molar-refractivity contribution in [2.24, 2.45) is 10.1 Å². The van der Waals surface area contributed by atoms with Crippen molar-refractivity contribution < 1.29 is 4.42 Å². The van der Waals surface area contributed by atoms with Crippen LogP contribution in [-0.2, 0) is 0 Å². The first-order chi connectivity index (χ1) is 18.8. The molecule has 7 aromatic rings. The summed E-state index contributed by atoms with van der Waals surface area (Å²) in [6.07, 6.45) is 2.00. The van der Waals surface area contributed by atoms with E-state index in [9.17, 15) is 0 Å². The molecule has 5 aromatic carbocycles. The molecule has 4 nitrogen and oxygen atoms in total. The Labute approximate surface area is 219 Å². The molecule has 38 heavy (non-hydrogen) atoms. The molecule has 4 heteroatoms. The Bertz CT molecular complexity index is 2030. The molecule has 2 aromatic heterocycles. The third-order valence-corrected chi connectivity index (χ3v) is 6.95. The van der Waals surface area contributed by atoms with Gasteiger partial charge >= 0.3 is 0 Å². The van der Waals surface area contributed by atoms with Crippen LogP contribution in [0.3, 0.4) is 0 Å². The summed E-state index contributed by atoms with van der Waals surface area (Å²) in [5, 5.41) is 9.61. The van der Waals surface area contributed by atoms with Gasteiger partial charge in [0.2, 0.25) is 0 Å². The van der Waals surface area contributed by atoms with Crippen molar-refractivity contribution >= 4 is 61.9 Å². The minimum atomic E-state index is 0.758. The lowest BCUT2D eigenvalue weighted by molar-refractivity contribution is 0.673. The van der Waals surface area contributed by atoms with Crippen molar-refractivity contribution in [2.45, 2.75) is 0 Å². The van der Waals surface area contributed by atoms with Crippen molar-refractivity contribution in [1.29, 1.82) is 0 Å². The molecule has 0 radical (unpaired) electrons. The molecule has 0 unspecified atom stereocenters. The van der Waals surface area contributed by atoms with Gasteiger partial charge in [0.25, 0.3) is 0 Å². The van der Waals surface area contributed by atoms with Gasteiger partial charge in [-0.15, -0.1) is 0 Å². The monoisotopic (exact) mass is 489 g/mol. The van der Waals surface area contributed by atoms with Gasteiger partial charge in [0, 0.05) is 27.3 Å². The Hall–Kier alpha value is -5.22. The lowest BCUT2D eigenvalue weighted by Crippen LogP contribution is -2.02. The first-order valence-corrected chi connectivity index (χ1v) is 12.5. The summed E-state index contributed by atoms with van der Waals surface area (Å²) >= 11 is 0. The van der Waals surface area contributed by atoms with Gasteiger partial charge in [0.1, 0.15) is 11.2 Å². The number of hydrogen-bond donors (Lipinski definition) is 0. The SMILES string of the molecule is C=N/C(=C\C(=N/n1c2ccccc2c2c3oc4ccccc4c3ccc21)c1ccccc1)c1ccccc1. The number of nitrogens with zero attached hydrogens (tertiary/aromatic N) is 3. The molecule has 0 bridgehead atoms. The molecule has 0 amide bonds. The maximum absolute atomic E-state index is 6.42. The van der Waals surface area contributed by atoms with E-state index < -0.39 is 0 Å². The second-order valence-corrected chi connectivity index (χ2v) is 9.17. The van der Waals surface area contributed by atoms with Gasteiger partial charge in [-0.3, -0.25) is 4.99 Å². The quantitative estimate of drug-likeness (QED) is 0.223. The topological polar surface area (TPSA) is 42.8 Å². The van der Waals surface area contributed by atoms with Crippen molar-refractivity contribution in [3.05, 3.63) is 139 Å². The number of aliphatic imine (C=N–C) groups is 1. The first kappa shape index (κ1) is 22.0. The predicted octanol–water partition coefficient (Wildman–Crippen LogP) is 8.69. The van der Waals surface area contributed by atoms with E-state index in [1.165, 1.54) is 0 Å². The van der Waals surface area contributed by atoms with Crippen LogP contribution in [0.15, 0.2) is 142 Å². The Balaban J connectivity index is 1.55. The highest BCUT2D eigenvalue weighted by Gasteiger charge is 2.18. The average molecular weight is 490 g/mol. The molecule has 180 valence electrons. The van der Waals surface area contributed by atoms with E-state index in [-0.39, 0.29) is 0 Å². The number of rotatable bonds is 5. The zero-order chi connectivity index (χ0) is 25.5. The normalized spacial score (nSPS) is 12.6. The smallest absolute Gasteiger partial charge is 0.145 e. The molecule has 0 saturated carbocycles. The molecule has 0 spiro atoms. The Morgan fingerprint density at radius 2 is 1.29 bits per heavy atom. The zero-order valence-corrected chi connectivity index (χ0v) is 20.6. The second-order valence-electron chi connectivity index (χ2n) is 9.17. The van der Waals surface area contributed by atoms with E-state index >= 15 is 0 Å². The summed E-state index contributed by atoms with van der Waals surface area (Å²) in [5.41, 5.74) is 7.25. The number of hydrogen-bond acceptors (Lipinski definition) is 3. The fraction of sp³-hybridized carbons (Fsp3) is 0. The number of fused-ring (bicyclic) bond motifs is 7. The van der Waals surface area contributed by atoms with Crippen molar-refractivity contribution in [1.82, 2.24) is 4.68 Å². The van der Waals surface area contributed by atoms with Crippen LogP contribution in [-0.4, -0.2) is 17.1 Å². The van der Waals surface area contributed by atoms with E-state index in [4.69, 9.17) is 9.52 Å². The largest absolute Gasteiger partial charge is 0.455 e. The van der Waals surface area contributed by atoms with Crippen molar-refractivity contribution in [3.63, 3.8) is 0 Å². The van der Waals surface area contributed by atoms with Crippen LogP contribution in [0.5, 0.6) is 0 Å². The maximum Gasteiger partial charge on any atom is 0.145 e. The minimum Gasteiger partial charge on any atom is -0.455 e. The van der Waals surface area contributed by atoms with E-state index in [0.717, 1.165) is 66.3 Å². The summed E-state index contributed by atoms with van der Waals surface area (Å²) < 4.78 is 8.44. The Morgan fingerprint density at radius 1 is 0.632 bits per heavy atom. The molecular formula is C34H23N3O. The van der Waals surface area contributed by atoms with Gasteiger partial charge in [-0.25, -0.2) is 4.68 Å². The number of furan rings is 1. The maximum atomic E-state index is 6.42. The summed E-state index contributed by atoms with van der Waals surface area (Å²) in [7, 11) is 0. The zero-order valence-electron chi connectivity index (χ0n) is 20.6. The predicted molar refractivity (Wildman–Crippen MR) is 159 cm³/mol. The van der Waals surface area contributed by atoms with Crippen LogP contribution in [0.25, 0.3) is 49.4 Å². The van der Waals surface area contributed by atoms with Gasteiger partial charge in [0.05, 0.1) is 27.8 Å². The third kappa shape index (κ3) is 3.54. The van der Waals surface area contributed by atoms with E-state index in [2.05, 4.69) is 60.2 Å². The van der Waals surface area contributed by atoms with Gasteiger partial charge in [0.15, 0.2) is 0 Å². The van der Waals surface area contributed by atoms with Crippen molar-refractivity contribution in [3.8, 4) is 0 Å². The first-order valence-electron chi connectivity index (χ1n) is 12.5. The molecule has 0 atom stereocenters. The molecule has 0 aliphatic carbocycles. The number of aromatic nitrogens is 1. The highest BCUT2D eigenvalue weighted by Crippen LogP contribution is 2.39. The Kier molecular flexibility index (Phi) is 5.22. The molecule has 2 heterocycles. The lowest BCUT2D eigenvalue weighted by Gasteiger charge is -2.08. The van der Waals surface area contributed by atoms with Crippen molar-refractivity contribution in [2.75, 3.05) is 0 Å². The summed E-state index contributed by atoms with van der Waals surface area (Å²) in [6, 6.07) is 41.0. The standard InChI is InChI=1S/C34H23N3O/c1-35-28(23-12-4-2-5-13-23)22-29(24-14-6-3-7-15-24)36-37-30-18-10-8-17-27(30)33-31(37)21-20-26-25-16-9-11-19-32(25)38-34(26)33/h2-22H,1H2/b28-22-,36-29+. The van der Waals surface area contributed by atoms with Crippen LogP contribution >= 0.6 is 0 Å². The summed E-state index contributed by atoms with van der Waals surface area (Å²) in [5.74, 6) is 0. The number of allylic oxidation sites excluding steroid dienone is 1. The van der Waals surface area contributed by atoms with E-state index in [1.807, 2.05) is 83.5 Å². The minimum absolute atomic E-state index is 0.758. The summed E-state index contributed by atoms with van der Waals surface area (Å²) in [4.78, 5) is 4.35. The number of benzene rings is 5. The number of para-hydroxylation sites is 2. The van der Waals surface area contributed by atoms with Crippen LogP contribution in [0, 0.1) is 0 Å².